The Morgan fingerprint density at radius 3 is 2.67 bits per heavy atom. The lowest BCUT2D eigenvalue weighted by Gasteiger charge is -1.98. The summed E-state index contributed by atoms with van der Waals surface area (Å²) in [7, 11) is 0. The normalized spacial score (nSPS) is 9.83. The summed E-state index contributed by atoms with van der Waals surface area (Å²) < 4.78 is 12.6. The van der Waals surface area contributed by atoms with Crippen molar-refractivity contribution in [3.05, 3.63) is 33.6 Å². The van der Waals surface area contributed by atoms with Crippen LogP contribution in [0.1, 0.15) is 5.56 Å². The summed E-state index contributed by atoms with van der Waals surface area (Å²) in [5, 5.41) is 19.3. The summed E-state index contributed by atoms with van der Waals surface area (Å²) in [6, 6.07) is 1.71. The Kier molecular flexibility index (Phi) is 1.95. The van der Waals surface area contributed by atoms with Crippen molar-refractivity contribution in [3.63, 3.8) is 0 Å². The molecular weight excluding hydrogens is 165 g/mol. The standard InChI is InChI=1S/C7H6FNO3/c1-4-2-5(8)3-6(7(4)10)9(11)12/h2-3,10H,1H3. The number of rotatable bonds is 1. The topological polar surface area (TPSA) is 63.4 Å². The van der Waals surface area contributed by atoms with Crippen molar-refractivity contribution in [2.45, 2.75) is 6.92 Å². The largest absolute Gasteiger partial charge is 0.502 e. The number of phenols is 1. The van der Waals surface area contributed by atoms with Gasteiger partial charge in [-0.25, -0.2) is 4.39 Å². The highest BCUT2D eigenvalue weighted by molar-refractivity contribution is 5.50. The van der Waals surface area contributed by atoms with Gasteiger partial charge >= 0.3 is 5.69 Å². The minimum absolute atomic E-state index is 0.154. The highest BCUT2D eigenvalue weighted by Gasteiger charge is 2.16. The summed E-state index contributed by atoms with van der Waals surface area (Å²) in [6.45, 7) is 1.39. The van der Waals surface area contributed by atoms with Crippen molar-refractivity contribution in [2.24, 2.45) is 0 Å². The van der Waals surface area contributed by atoms with Gasteiger partial charge in [-0.15, -0.1) is 0 Å². The van der Waals surface area contributed by atoms with Crippen molar-refractivity contribution in [3.8, 4) is 5.75 Å². The maximum absolute atomic E-state index is 12.6. The lowest BCUT2D eigenvalue weighted by molar-refractivity contribution is -0.386. The highest BCUT2D eigenvalue weighted by Crippen LogP contribution is 2.29. The molecule has 1 N–H and O–H groups in total. The van der Waals surface area contributed by atoms with E-state index in [2.05, 4.69) is 0 Å². The summed E-state index contributed by atoms with van der Waals surface area (Å²) in [4.78, 5) is 9.38. The van der Waals surface area contributed by atoms with Crippen molar-refractivity contribution in [2.75, 3.05) is 0 Å². The Labute approximate surface area is 67.4 Å². The third-order valence-electron chi connectivity index (χ3n) is 1.44. The van der Waals surface area contributed by atoms with Crippen LogP contribution >= 0.6 is 0 Å². The lowest BCUT2D eigenvalue weighted by Crippen LogP contribution is -1.91. The number of halogens is 1. The summed E-state index contributed by atoms with van der Waals surface area (Å²) in [5.74, 6) is -1.21. The van der Waals surface area contributed by atoms with Gasteiger partial charge in [0.2, 0.25) is 0 Å². The van der Waals surface area contributed by atoms with E-state index >= 15 is 0 Å². The van der Waals surface area contributed by atoms with Crippen molar-refractivity contribution < 1.29 is 14.4 Å². The Morgan fingerprint density at radius 2 is 2.17 bits per heavy atom. The van der Waals surface area contributed by atoms with Crippen LogP contribution in [-0.2, 0) is 0 Å². The van der Waals surface area contributed by atoms with Crippen molar-refractivity contribution in [1.29, 1.82) is 0 Å². The van der Waals surface area contributed by atoms with E-state index in [0.717, 1.165) is 6.07 Å². The predicted octanol–water partition coefficient (Wildman–Crippen LogP) is 1.75. The van der Waals surface area contributed by atoms with Crippen molar-refractivity contribution in [1.82, 2.24) is 0 Å². The fourth-order valence-corrected chi connectivity index (χ4v) is 0.857. The monoisotopic (exact) mass is 171 g/mol. The van der Waals surface area contributed by atoms with Crippen LogP contribution in [0.2, 0.25) is 0 Å². The molecule has 0 aliphatic heterocycles. The Hall–Kier alpha value is -1.65. The lowest BCUT2D eigenvalue weighted by atomic mass is 10.2. The minimum atomic E-state index is -0.828. The number of hydrogen-bond acceptors (Lipinski definition) is 3. The first-order valence-electron chi connectivity index (χ1n) is 3.16. The Morgan fingerprint density at radius 1 is 1.58 bits per heavy atom. The molecule has 1 aromatic carbocycles. The van der Waals surface area contributed by atoms with Crippen LogP contribution in [0.25, 0.3) is 0 Å². The van der Waals surface area contributed by atoms with E-state index in [4.69, 9.17) is 5.11 Å². The molecular formula is C7H6FNO3. The maximum Gasteiger partial charge on any atom is 0.313 e. The molecule has 0 saturated carbocycles. The minimum Gasteiger partial charge on any atom is -0.502 e. The molecule has 0 amide bonds. The number of nitrogens with zero attached hydrogens (tertiary/aromatic N) is 1. The molecule has 0 radical (unpaired) electrons. The molecule has 5 heteroatoms. The van der Waals surface area contributed by atoms with E-state index < -0.39 is 22.2 Å². The summed E-state index contributed by atoms with van der Waals surface area (Å²) in [6.07, 6.45) is 0. The molecule has 0 heterocycles. The van der Waals surface area contributed by atoms with Crippen LogP contribution in [0.15, 0.2) is 12.1 Å². The smallest absolute Gasteiger partial charge is 0.313 e. The predicted molar refractivity (Wildman–Crippen MR) is 39.5 cm³/mol. The second-order valence-electron chi connectivity index (χ2n) is 2.35. The zero-order valence-electron chi connectivity index (χ0n) is 6.24. The van der Waals surface area contributed by atoms with Gasteiger partial charge in [-0.2, -0.15) is 0 Å². The van der Waals surface area contributed by atoms with E-state index in [1.54, 1.807) is 0 Å². The van der Waals surface area contributed by atoms with Gasteiger partial charge in [0, 0.05) is 5.56 Å². The SMILES string of the molecule is Cc1cc(F)cc([N+](=O)[O-])c1O. The second-order valence-corrected chi connectivity index (χ2v) is 2.35. The fourth-order valence-electron chi connectivity index (χ4n) is 0.857. The molecule has 0 atom stereocenters. The Balaban J connectivity index is 3.37. The zero-order valence-corrected chi connectivity index (χ0v) is 6.24. The number of aryl methyl sites for hydroxylation is 1. The van der Waals surface area contributed by atoms with Gasteiger partial charge in [-0.1, -0.05) is 0 Å². The molecule has 0 fully saturated rings. The van der Waals surface area contributed by atoms with Gasteiger partial charge in [-0.3, -0.25) is 10.1 Å². The molecule has 1 rings (SSSR count). The molecule has 0 spiro atoms. The van der Waals surface area contributed by atoms with Gasteiger partial charge in [0.25, 0.3) is 0 Å². The first-order chi connectivity index (χ1) is 5.52. The molecule has 64 valence electrons. The van der Waals surface area contributed by atoms with Crippen LogP contribution in [0.3, 0.4) is 0 Å². The van der Waals surface area contributed by atoms with Gasteiger partial charge in [0.05, 0.1) is 11.0 Å². The third-order valence-corrected chi connectivity index (χ3v) is 1.44. The van der Waals surface area contributed by atoms with E-state index in [1.807, 2.05) is 0 Å². The first-order valence-corrected chi connectivity index (χ1v) is 3.16. The summed E-state index contributed by atoms with van der Waals surface area (Å²) in [5.41, 5.74) is -0.450. The van der Waals surface area contributed by atoms with Gasteiger partial charge in [0.15, 0.2) is 5.75 Å². The Bertz CT molecular complexity index is 338. The molecule has 0 saturated heterocycles. The summed E-state index contributed by atoms with van der Waals surface area (Å²) >= 11 is 0. The van der Waals surface area contributed by atoms with E-state index in [9.17, 15) is 14.5 Å². The quantitative estimate of drug-likeness (QED) is 0.517. The van der Waals surface area contributed by atoms with Crippen LogP contribution in [0.4, 0.5) is 10.1 Å². The molecule has 0 unspecified atom stereocenters. The number of nitro groups is 1. The van der Waals surface area contributed by atoms with Gasteiger partial charge in [-0.05, 0) is 13.0 Å². The molecule has 0 bridgehead atoms. The number of aromatic hydroxyl groups is 1. The zero-order chi connectivity index (χ0) is 9.30. The van der Waals surface area contributed by atoms with E-state index in [1.165, 1.54) is 6.92 Å². The van der Waals surface area contributed by atoms with Crippen molar-refractivity contribution >= 4 is 5.69 Å². The first kappa shape index (κ1) is 8.45. The average Bonchev–Trinajstić information content (AvgIpc) is 1.96. The van der Waals surface area contributed by atoms with E-state index in [0.29, 0.717) is 6.07 Å². The molecule has 12 heavy (non-hydrogen) atoms. The number of nitro benzene ring substituents is 1. The average molecular weight is 171 g/mol. The van der Waals surface area contributed by atoms with E-state index in [-0.39, 0.29) is 5.56 Å². The maximum atomic E-state index is 12.6. The van der Waals surface area contributed by atoms with Crippen LogP contribution < -0.4 is 0 Å². The van der Waals surface area contributed by atoms with Crippen LogP contribution in [0.5, 0.6) is 5.75 Å². The fraction of sp³-hybridized carbons (Fsp3) is 0.143. The molecule has 0 aliphatic carbocycles. The number of hydrogen-bond donors (Lipinski definition) is 1. The molecule has 4 nitrogen and oxygen atoms in total. The molecule has 0 aromatic heterocycles. The highest BCUT2D eigenvalue weighted by atomic mass is 19.1. The molecule has 1 aromatic rings. The number of phenolic OH excluding ortho intramolecular Hbond substituents is 1. The second kappa shape index (κ2) is 2.77. The van der Waals surface area contributed by atoms with Gasteiger partial charge in [0.1, 0.15) is 5.82 Å². The van der Waals surface area contributed by atoms with Gasteiger partial charge < -0.3 is 5.11 Å². The third kappa shape index (κ3) is 1.34. The number of benzene rings is 1. The van der Waals surface area contributed by atoms with Crippen LogP contribution in [-0.4, -0.2) is 10.0 Å². The molecule has 0 aliphatic rings. The van der Waals surface area contributed by atoms with Crippen LogP contribution in [0, 0.1) is 22.9 Å².